The highest BCUT2D eigenvalue weighted by Gasteiger charge is 2.22. The lowest BCUT2D eigenvalue weighted by Gasteiger charge is -2.18. The SMILES string of the molecule is CCCCNC(=O)[C@@H](Cc1c[nH]c2ccccc12)NC(=O)OCC. The summed E-state index contributed by atoms with van der Waals surface area (Å²) in [7, 11) is 0. The monoisotopic (exact) mass is 331 g/mol. The van der Waals surface area contributed by atoms with Crippen LogP contribution in [0.3, 0.4) is 0 Å². The minimum atomic E-state index is -0.667. The van der Waals surface area contributed by atoms with Gasteiger partial charge in [0.25, 0.3) is 0 Å². The number of H-pyrrole nitrogens is 1. The van der Waals surface area contributed by atoms with Crippen LogP contribution in [0.4, 0.5) is 4.79 Å². The molecule has 2 rings (SSSR count). The molecule has 2 amide bonds. The van der Waals surface area contributed by atoms with Crippen LogP contribution in [0.1, 0.15) is 32.3 Å². The number of fused-ring (bicyclic) bond motifs is 1. The minimum Gasteiger partial charge on any atom is -0.450 e. The van der Waals surface area contributed by atoms with Crippen molar-refractivity contribution in [2.75, 3.05) is 13.2 Å². The number of carbonyl (C=O) groups excluding carboxylic acids is 2. The number of nitrogens with one attached hydrogen (secondary N) is 3. The summed E-state index contributed by atoms with van der Waals surface area (Å²) in [6.45, 7) is 4.66. The lowest BCUT2D eigenvalue weighted by atomic mass is 10.0. The van der Waals surface area contributed by atoms with E-state index in [-0.39, 0.29) is 12.5 Å². The molecule has 0 bridgehead atoms. The van der Waals surface area contributed by atoms with Gasteiger partial charge in [0.05, 0.1) is 6.61 Å². The Hall–Kier alpha value is -2.50. The van der Waals surface area contributed by atoms with Gasteiger partial charge in [-0.25, -0.2) is 4.79 Å². The van der Waals surface area contributed by atoms with E-state index in [4.69, 9.17) is 4.74 Å². The molecule has 0 aliphatic heterocycles. The second kappa shape index (κ2) is 8.96. The average molecular weight is 331 g/mol. The van der Waals surface area contributed by atoms with Crippen molar-refractivity contribution in [3.05, 3.63) is 36.0 Å². The molecule has 1 atom stereocenters. The average Bonchev–Trinajstić information content (AvgIpc) is 2.98. The second-order valence-corrected chi connectivity index (χ2v) is 5.63. The van der Waals surface area contributed by atoms with E-state index in [1.165, 1.54) is 0 Å². The van der Waals surface area contributed by atoms with Crippen LogP contribution < -0.4 is 10.6 Å². The molecule has 6 heteroatoms. The maximum absolute atomic E-state index is 12.4. The molecule has 24 heavy (non-hydrogen) atoms. The highest BCUT2D eigenvalue weighted by Crippen LogP contribution is 2.19. The Bertz CT molecular complexity index is 681. The molecule has 2 aromatic rings. The van der Waals surface area contributed by atoms with Crippen molar-refractivity contribution in [3.8, 4) is 0 Å². The van der Waals surface area contributed by atoms with Crippen LogP contribution in [0, 0.1) is 0 Å². The third-order valence-electron chi connectivity index (χ3n) is 3.81. The fourth-order valence-electron chi connectivity index (χ4n) is 2.56. The fourth-order valence-corrected chi connectivity index (χ4v) is 2.56. The van der Waals surface area contributed by atoms with Gasteiger partial charge in [0.15, 0.2) is 0 Å². The standard InChI is InChI=1S/C18H25N3O3/c1-3-5-10-19-17(22)16(21-18(23)24-4-2)11-13-12-20-15-9-7-6-8-14(13)15/h6-9,12,16,20H,3-5,10-11H2,1-2H3,(H,19,22)(H,21,23)/t16-/m1/s1. The molecular weight excluding hydrogens is 306 g/mol. The van der Waals surface area contributed by atoms with Gasteiger partial charge in [0, 0.05) is 30.1 Å². The molecule has 6 nitrogen and oxygen atoms in total. The Kier molecular flexibility index (Phi) is 6.66. The predicted octanol–water partition coefficient (Wildman–Crippen LogP) is 2.74. The molecule has 0 radical (unpaired) electrons. The highest BCUT2D eigenvalue weighted by molar-refractivity contribution is 5.88. The van der Waals surface area contributed by atoms with E-state index < -0.39 is 12.1 Å². The molecule has 0 unspecified atom stereocenters. The Morgan fingerprint density at radius 3 is 2.79 bits per heavy atom. The van der Waals surface area contributed by atoms with Gasteiger partial charge in [-0.15, -0.1) is 0 Å². The molecule has 0 aliphatic rings. The third kappa shape index (κ3) is 4.75. The maximum Gasteiger partial charge on any atom is 0.407 e. The molecule has 0 aliphatic carbocycles. The smallest absolute Gasteiger partial charge is 0.407 e. The maximum atomic E-state index is 12.4. The molecule has 0 saturated heterocycles. The van der Waals surface area contributed by atoms with Crippen molar-refractivity contribution < 1.29 is 14.3 Å². The molecule has 1 heterocycles. The van der Waals surface area contributed by atoms with E-state index >= 15 is 0 Å². The van der Waals surface area contributed by atoms with Crippen molar-refractivity contribution in [1.29, 1.82) is 0 Å². The summed E-state index contributed by atoms with van der Waals surface area (Å²) in [5.41, 5.74) is 1.99. The van der Waals surface area contributed by atoms with Crippen LogP contribution in [0.2, 0.25) is 0 Å². The van der Waals surface area contributed by atoms with Crippen LogP contribution >= 0.6 is 0 Å². The number of ether oxygens (including phenoxy) is 1. The highest BCUT2D eigenvalue weighted by atomic mass is 16.5. The molecule has 1 aromatic heterocycles. The van der Waals surface area contributed by atoms with Gasteiger partial charge in [0.1, 0.15) is 6.04 Å². The van der Waals surface area contributed by atoms with Crippen LogP contribution in [0.25, 0.3) is 10.9 Å². The molecule has 1 aromatic carbocycles. The summed E-state index contributed by atoms with van der Waals surface area (Å²) in [5, 5.41) is 6.58. The zero-order valence-electron chi connectivity index (χ0n) is 14.2. The number of hydrogen-bond acceptors (Lipinski definition) is 3. The van der Waals surface area contributed by atoms with E-state index in [9.17, 15) is 9.59 Å². The van der Waals surface area contributed by atoms with Crippen LogP contribution in [-0.4, -0.2) is 36.2 Å². The molecule has 0 saturated carbocycles. The summed E-state index contributed by atoms with van der Waals surface area (Å²) in [6, 6.07) is 7.22. The molecule has 0 spiro atoms. The molecule has 3 N–H and O–H groups in total. The van der Waals surface area contributed by atoms with Gasteiger partial charge in [-0.2, -0.15) is 0 Å². The topological polar surface area (TPSA) is 83.2 Å². The number of hydrogen-bond donors (Lipinski definition) is 3. The number of unbranched alkanes of at least 4 members (excludes halogenated alkanes) is 1. The van der Waals surface area contributed by atoms with Gasteiger partial charge in [-0.1, -0.05) is 31.5 Å². The first-order valence-corrected chi connectivity index (χ1v) is 8.41. The van der Waals surface area contributed by atoms with E-state index in [0.717, 1.165) is 29.3 Å². The minimum absolute atomic E-state index is 0.193. The van der Waals surface area contributed by atoms with E-state index in [0.29, 0.717) is 13.0 Å². The lowest BCUT2D eigenvalue weighted by Crippen LogP contribution is -2.48. The Balaban J connectivity index is 2.12. The van der Waals surface area contributed by atoms with E-state index in [1.54, 1.807) is 6.92 Å². The molecule has 130 valence electrons. The van der Waals surface area contributed by atoms with Crippen molar-refractivity contribution in [2.24, 2.45) is 0 Å². The normalized spacial score (nSPS) is 11.9. The lowest BCUT2D eigenvalue weighted by molar-refractivity contribution is -0.123. The van der Waals surface area contributed by atoms with E-state index in [1.807, 2.05) is 30.5 Å². The van der Waals surface area contributed by atoms with E-state index in [2.05, 4.69) is 22.5 Å². The third-order valence-corrected chi connectivity index (χ3v) is 3.81. The van der Waals surface area contributed by atoms with Crippen LogP contribution in [-0.2, 0) is 16.0 Å². The predicted molar refractivity (Wildman–Crippen MR) is 93.9 cm³/mol. The number of aromatic amines is 1. The molecular formula is C18H25N3O3. The molecule has 0 fully saturated rings. The number of para-hydroxylation sites is 1. The van der Waals surface area contributed by atoms with Crippen LogP contribution in [0.5, 0.6) is 0 Å². The first-order chi connectivity index (χ1) is 11.7. The number of aromatic nitrogens is 1. The van der Waals surface area contributed by atoms with Crippen molar-refractivity contribution in [3.63, 3.8) is 0 Å². The van der Waals surface area contributed by atoms with Gasteiger partial charge < -0.3 is 20.4 Å². The van der Waals surface area contributed by atoms with Crippen molar-refractivity contribution in [2.45, 2.75) is 39.2 Å². The van der Waals surface area contributed by atoms with Crippen molar-refractivity contribution in [1.82, 2.24) is 15.6 Å². The first-order valence-electron chi connectivity index (χ1n) is 8.41. The fraction of sp³-hybridized carbons (Fsp3) is 0.444. The summed E-state index contributed by atoms with van der Waals surface area (Å²) in [5.74, 6) is -0.193. The Labute approximate surface area is 142 Å². The number of amides is 2. The number of alkyl carbamates (subject to hydrolysis) is 1. The Morgan fingerprint density at radius 2 is 2.04 bits per heavy atom. The van der Waals surface area contributed by atoms with Gasteiger partial charge in [-0.05, 0) is 25.0 Å². The first kappa shape index (κ1) is 17.8. The number of carbonyl (C=O) groups is 2. The second-order valence-electron chi connectivity index (χ2n) is 5.63. The quantitative estimate of drug-likeness (QED) is 0.650. The summed E-state index contributed by atoms with van der Waals surface area (Å²) >= 11 is 0. The zero-order valence-corrected chi connectivity index (χ0v) is 14.2. The van der Waals surface area contributed by atoms with Gasteiger partial charge in [0.2, 0.25) is 5.91 Å². The van der Waals surface area contributed by atoms with Gasteiger partial charge >= 0.3 is 6.09 Å². The summed E-state index contributed by atoms with van der Waals surface area (Å²) < 4.78 is 4.92. The van der Waals surface area contributed by atoms with Gasteiger partial charge in [-0.3, -0.25) is 4.79 Å². The van der Waals surface area contributed by atoms with Crippen LogP contribution in [0.15, 0.2) is 30.5 Å². The summed E-state index contributed by atoms with van der Waals surface area (Å²) in [6.07, 6.45) is 3.61. The van der Waals surface area contributed by atoms with Crippen molar-refractivity contribution >= 4 is 22.9 Å². The largest absolute Gasteiger partial charge is 0.450 e. The zero-order chi connectivity index (χ0) is 17.4. The number of benzene rings is 1. The number of rotatable bonds is 8. The Morgan fingerprint density at radius 1 is 1.25 bits per heavy atom. The summed E-state index contributed by atoms with van der Waals surface area (Å²) in [4.78, 5) is 27.4.